The van der Waals surface area contributed by atoms with Gasteiger partial charge >= 0.3 is 11.9 Å². The first kappa shape index (κ1) is 13.0. The smallest absolute Gasteiger partial charge is 0.343 e. The van der Waals surface area contributed by atoms with Gasteiger partial charge in [0.2, 0.25) is 0 Å². The highest BCUT2D eigenvalue weighted by molar-refractivity contribution is 5.90. The van der Waals surface area contributed by atoms with Gasteiger partial charge in [0, 0.05) is 5.92 Å². The molecule has 2 N–H and O–H groups in total. The van der Waals surface area contributed by atoms with Crippen molar-refractivity contribution in [2.45, 2.75) is 25.6 Å². The molecule has 100 valence electrons. The number of fused-ring (bicyclic) bond motifs is 2. The average molecular weight is 256 g/mol. The van der Waals surface area contributed by atoms with E-state index in [-0.39, 0.29) is 6.61 Å². The van der Waals surface area contributed by atoms with E-state index in [9.17, 15) is 19.8 Å². The lowest BCUT2D eigenvalue weighted by atomic mass is 9.60. The van der Waals surface area contributed by atoms with Crippen molar-refractivity contribution < 1.29 is 29.3 Å². The fourth-order valence-corrected chi connectivity index (χ4v) is 2.66. The van der Waals surface area contributed by atoms with Crippen LogP contribution in [0.4, 0.5) is 0 Å². The molecule has 0 radical (unpaired) electrons. The third-order valence-corrected chi connectivity index (χ3v) is 3.83. The van der Waals surface area contributed by atoms with Crippen molar-refractivity contribution in [3.05, 3.63) is 12.2 Å². The predicted octanol–water partition coefficient (Wildman–Crippen LogP) is -0.609. The summed E-state index contributed by atoms with van der Waals surface area (Å²) in [5.41, 5.74) is -3.24. The standard InChI is InChI=1S/C12H16O6/c1-3-17-9(14)11(2)7(6-13)12(16)5-4-8(11)18-10(12)15/h4-5,7-8,13,16H,3,6H2,1-2H3. The van der Waals surface area contributed by atoms with Crippen molar-refractivity contribution in [2.75, 3.05) is 13.2 Å². The summed E-state index contributed by atoms with van der Waals surface area (Å²) in [6, 6.07) is 0. The molecule has 4 unspecified atom stereocenters. The Morgan fingerprint density at radius 2 is 2.28 bits per heavy atom. The summed E-state index contributed by atoms with van der Waals surface area (Å²) in [4.78, 5) is 23.7. The maximum absolute atomic E-state index is 12.1. The zero-order valence-corrected chi connectivity index (χ0v) is 10.3. The molecule has 2 aliphatic heterocycles. The molecule has 2 heterocycles. The topological polar surface area (TPSA) is 93.1 Å². The van der Waals surface area contributed by atoms with Gasteiger partial charge in [0.05, 0.1) is 13.2 Å². The average Bonchev–Trinajstić information content (AvgIpc) is 2.32. The minimum Gasteiger partial charge on any atom is -0.465 e. The summed E-state index contributed by atoms with van der Waals surface area (Å²) in [5, 5.41) is 19.7. The van der Waals surface area contributed by atoms with E-state index in [1.807, 2.05) is 0 Å². The fraction of sp³-hybridized carbons (Fsp3) is 0.667. The molecule has 0 aromatic heterocycles. The van der Waals surface area contributed by atoms with Gasteiger partial charge in [0.25, 0.3) is 0 Å². The van der Waals surface area contributed by atoms with Crippen LogP contribution >= 0.6 is 0 Å². The minimum atomic E-state index is -1.97. The molecule has 6 nitrogen and oxygen atoms in total. The number of carbonyl (C=O) groups excluding carboxylic acids is 2. The molecule has 0 saturated carbocycles. The lowest BCUT2D eigenvalue weighted by molar-refractivity contribution is -0.222. The number of esters is 2. The van der Waals surface area contributed by atoms with Gasteiger partial charge in [-0.25, -0.2) is 4.79 Å². The molecular formula is C12H16O6. The third-order valence-electron chi connectivity index (χ3n) is 3.83. The summed E-state index contributed by atoms with van der Waals surface area (Å²) in [6.07, 6.45) is 1.92. The van der Waals surface area contributed by atoms with Gasteiger partial charge in [0.1, 0.15) is 11.5 Å². The molecule has 3 aliphatic rings. The Morgan fingerprint density at radius 1 is 1.61 bits per heavy atom. The van der Waals surface area contributed by atoms with E-state index < -0.39 is 41.6 Å². The number of hydrogen-bond acceptors (Lipinski definition) is 6. The summed E-state index contributed by atoms with van der Waals surface area (Å²) < 4.78 is 9.98. The van der Waals surface area contributed by atoms with Crippen LogP contribution in [-0.2, 0) is 19.1 Å². The lowest BCUT2D eigenvalue weighted by Crippen LogP contribution is -2.68. The molecule has 18 heavy (non-hydrogen) atoms. The maximum atomic E-state index is 12.1. The van der Waals surface area contributed by atoms with Crippen LogP contribution in [0.15, 0.2) is 12.2 Å². The number of rotatable bonds is 3. The second-order valence-electron chi connectivity index (χ2n) is 4.75. The van der Waals surface area contributed by atoms with Crippen molar-refractivity contribution in [2.24, 2.45) is 11.3 Å². The van der Waals surface area contributed by atoms with Crippen LogP contribution in [0, 0.1) is 11.3 Å². The Hall–Kier alpha value is -1.40. The van der Waals surface area contributed by atoms with Crippen molar-refractivity contribution in [1.82, 2.24) is 0 Å². The SMILES string of the molecule is CCOC(=O)C1(C)C2C=CC(O)(C(=O)O2)C1CO. The van der Waals surface area contributed by atoms with Gasteiger partial charge in [0.15, 0.2) is 5.60 Å². The first-order valence-corrected chi connectivity index (χ1v) is 5.82. The Bertz CT molecular complexity index is 417. The van der Waals surface area contributed by atoms with Gasteiger partial charge in [-0.05, 0) is 26.0 Å². The zero-order chi connectivity index (χ0) is 13.6. The molecule has 1 aliphatic carbocycles. The minimum absolute atomic E-state index is 0.176. The molecule has 0 amide bonds. The molecule has 2 bridgehead atoms. The Morgan fingerprint density at radius 3 is 2.78 bits per heavy atom. The predicted molar refractivity (Wildman–Crippen MR) is 59.3 cm³/mol. The van der Waals surface area contributed by atoms with Gasteiger partial charge in [-0.1, -0.05) is 0 Å². The number of aliphatic hydroxyl groups excluding tert-OH is 1. The lowest BCUT2D eigenvalue weighted by Gasteiger charge is -2.51. The van der Waals surface area contributed by atoms with Crippen LogP contribution < -0.4 is 0 Å². The quantitative estimate of drug-likeness (QED) is 0.517. The van der Waals surface area contributed by atoms with Crippen LogP contribution in [0.25, 0.3) is 0 Å². The molecule has 4 atom stereocenters. The van der Waals surface area contributed by atoms with Crippen molar-refractivity contribution in [1.29, 1.82) is 0 Å². The number of hydrogen-bond donors (Lipinski definition) is 2. The van der Waals surface area contributed by atoms with E-state index in [1.165, 1.54) is 19.1 Å². The second-order valence-corrected chi connectivity index (χ2v) is 4.75. The molecule has 1 saturated heterocycles. The van der Waals surface area contributed by atoms with Crippen LogP contribution in [0.2, 0.25) is 0 Å². The molecule has 0 spiro atoms. The Balaban J connectivity index is 2.47. The highest BCUT2D eigenvalue weighted by Gasteiger charge is 2.66. The monoisotopic (exact) mass is 256 g/mol. The summed E-state index contributed by atoms with van der Waals surface area (Å²) >= 11 is 0. The van der Waals surface area contributed by atoms with Gasteiger partial charge in [-0.15, -0.1) is 0 Å². The van der Waals surface area contributed by atoms with E-state index in [4.69, 9.17) is 9.47 Å². The van der Waals surface area contributed by atoms with Crippen molar-refractivity contribution >= 4 is 11.9 Å². The molecular weight excluding hydrogens is 240 g/mol. The van der Waals surface area contributed by atoms with E-state index in [0.717, 1.165) is 0 Å². The van der Waals surface area contributed by atoms with Crippen LogP contribution in [0.5, 0.6) is 0 Å². The molecule has 0 aromatic carbocycles. The number of ether oxygens (including phenoxy) is 2. The molecule has 0 aromatic rings. The van der Waals surface area contributed by atoms with Crippen molar-refractivity contribution in [3.63, 3.8) is 0 Å². The van der Waals surface area contributed by atoms with Crippen LogP contribution in [0.1, 0.15) is 13.8 Å². The summed E-state index contributed by atoms with van der Waals surface area (Å²) in [7, 11) is 0. The van der Waals surface area contributed by atoms with Gasteiger partial charge in [-0.2, -0.15) is 0 Å². The number of carbonyl (C=O) groups is 2. The first-order valence-electron chi connectivity index (χ1n) is 5.82. The fourth-order valence-electron chi connectivity index (χ4n) is 2.66. The first-order chi connectivity index (χ1) is 8.41. The normalized spacial score (nSPS) is 41.7. The largest absolute Gasteiger partial charge is 0.465 e. The summed E-state index contributed by atoms with van der Waals surface area (Å²) in [5.74, 6) is -2.40. The van der Waals surface area contributed by atoms with E-state index in [1.54, 1.807) is 6.92 Å². The number of aliphatic hydroxyl groups is 2. The second kappa shape index (κ2) is 4.07. The van der Waals surface area contributed by atoms with Gasteiger partial charge < -0.3 is 19.7 Å². The van der Waals surface area contributed by atoms with E-state index >= 15 is 0 Å². The van der Waals surface area contributed by atoms with Crippen LogP contribution in [-0.4, -0.2) is 47.1 Å². The highest BCUT2D eigenvalue weighted by atomic mass is 16.6. The van der Waals surface area contributed by atoms with Crippen molar-refractivity contribution in [3.8, 4) is 0 Å². The van der Waals surface area contributed by atoms with E-state index in [2.05, 4.69) is 0 Å². The third kappa shape index (κ3) is 1.42. The Labute approximate surface area is 104 Å². The Kier molecular flexibility index (Phi) is 2.95. The highest BCUT2D eigenvalue weighted by Crippen LogP contribution is 2.49. The molecule has 3 rings (SSSR count). The van der Waals surface area contributed by atoms with E-state index in [0.29, 0.717) is 0 Å². The molecule has 6 heteroatoms. The van der Waals surface area contributed by atoms with Crippen LogP contribution in [0.3, 0.4) is 0 Å². The summed E-state index contributed by atoms with van der Waals surface area (Å²) in [6.45, 7) is 2.85. The van der Waals surface area contributed by atoms with Gasteiger partial charge in [-0.3, -0.25) is 4.79 Å². The zero-order valence-electron chi connectivity index (χ0n) is 10.3. The molecule has 1 fully saturated rings. The maximum Gasteiger partial charge on any atom is 0.343 e.